The molecule has 0 amide bonds. The van der Waals surface area contributed by atoms with Crippen LogP contribution in [0.2, 0.25) is 0 Å². The molecule has 2 rings (SSSR count). The lowest BCUT2D eigenvalue weighted by atomic mass is 10.2. The van der Waals surface area contributed by atoms with Crippen LogP contribution in [0.4, 0.5) is 0 Å². The molecule has 0 aliphatic carbocycles. The summed E-state index contributed by atoms with van der Waals surface area (Å²) in [6.07, 6.45) is 1.32. The SMILES string of the molecule is COc1ccc(CN2CCSCC2S(C)(=O)=O)cc1Br. The molecular formula is C13H18BrNO3S2. The average molecular weight is 380 g/mol. The van der Waals surface area contributed by atoms with E-state index in [9.17, 15) is 8.42 Å². The third-order valence-corrected chi connectivity index (χ3v) is 6.59. The molecule has 4 nitrogen and oxygen atoms in total. The molecule has 0 bridgehead atoms. The van der Waals surface area contributed by atoms with Crippen LogP contribution in [-0.4, -0.2) is 50.1 Å². The number of ether oxygens (including phenoxy) is 1. The Morgan fingerprint density at radius 3 is 2.85 bits per heavy atom. The number of hydrogen-bond donors (Lipinski definition) is 0. The maximum absolute atomic E-state index is 11.9. The highest BCUT2D eigenvalue weighted by molar-refractivity contribution is 9.10. The quantitative estimate of drug-likeness (QED) is 0.803. The summed E-state index contributed by atoms with van der Waals surface area (Å²) in [5, 5.41) is -0.387. The molecule has 0 saturated carbocycles. The van der Waals surface area contributed by atoms with E-state index in [1.165, 1.54) is 6.26 Å². The summed E-state index contributed by atoms with van der Waals surface area (Å²) in [7, 11) is -1.42. The Labute approximate surface area is 132 Å². The molecule has 1 saturated heterocycles. The molecule has 0 radical (unpaired) electrons. The smallest absolute Gasteiger partial charge is 0.164 e. The molecule has 1 heterocycles. The van der Waals surface area contributed by atoms with E-state index in [1.807, 2.05) is 23.1 Å². The van der Waals surface area contributed by atoms with E-state index in [0.29, 0.717) is 12.3 Å². The summed E-state index contributed by atoms with van der Waals surface area (Å²) in [4.78, 5) is 2.04. The highest BCUT2D eigenvalue weighted by atomic mass is 79.9. The average Bonchev–Trinajstić information content (AvgIpc) is 2.38. The Morgan fingerprint density at radius 2 is 2.25 bits per heavy atom. The highest BCUT2D eigenvalue weighted by Gasteiger charge is 2.30. The maximum Gasteiger partial charge on any atom is 0.164 e. The Morgan fingerprint density at radius 1 is 1.50 bits per heavy atom. The van der Waals surface area contributed by atoms with Gasteiger partial charge in [-0.05, 0) is 33.6 Å². The van der Waals surface area contributed by atoms with Gasteiger partial charge < -0.3 is 4.74 Å². The highest BCUT2D eigenvalue weighted by Crippen LogP contribution is 2.28. The van der Waals surface area contributed by atoms with Crippen molar-refractivity contribution in [3.8, 4) is 5.75 Å². The fourth-order valence-electron chi connectivity index (χ4n) is 2.23. The van der Waals surface area contributed by atoms with Crippen molar-refractivity contribution < 1.29 is 13.2 Å². The van der Waals surface area contributed by atoms with Crippen molar-refractivity contribution in [1.29, 1.82) is 0 Å². The normalized spacial score (nSPS) is 20.9. The summed E-state index contributed by atoms with van der Waals surface area (Å²) in [5.41, 5.74) is 1.08. The number of hydrogen-bond acceptors (Lipinski definition) is 5. The van der Waals surface area contributed by atoms with E-state index < -0.39 is 9.84 Å². The van der Waals surface area contributed by atoms with Crippen molar-refractivity contribution in [3.05, 3.63) is 28.2 Å². The Bertz CT molecular complexity index is 577. The predicted octanol–water partition coefficient (Wildman–Crippen LogP) is 2.38. The molecule has 1 aliphatic rings. The number of sulfone groups is 1. The zero-order chi connectivity index (χ0) is 14.8. The van der Waals surface area contributed by atoms with Gasteiger partial charge in [-0.2, -0.15) is 11.8 Å². The zero-order valence-electron chi connectivity index (χ0n) is 11.5. The lowest BCUT2D eigenvalue weighted by Crippen LogP contribution is -2.46. The molecule has 0 aromatic heterocycles. The summed E-state index contributed by atoms with van der Waals surface area (Å²) in [5.74, 6) is 2.40. The number of nitrogens with zero attached hydrogens (tertiary/aromatic N) is 1. The van der Waals surface area contributed by atoms with Crippen LogP contribution in [0.15, 0.2) is 22.7 Å². The minimum atomic E-state index is -3.05. The number of thioether (sulfide) groups is 1. The first-order valence-corrected chi connectivity index (χ1v) is 10.1. The summed E-state index contributed by atoms with van der Waals surface area (Å²) >= 11 is 5.16. The minimum Gasteiger partial charge on any atom is -0.496 e. The first kappa shape index (κ1) is 16.1. The number of methoxy groups -OCH3 is 1. The molecule has 0 spiro atoms. The van der Waals surface area contributed by atoms with Crippen molar-refractivity contribution in [1.82, 2.24) is 4.90 Å². The van der Waals surface area contributed by atoms with Crippen LogP contribution < -0.4 is 4.74 Å². The summed E-state index contributed by atoms with van der Waals surface area (Å²) in [6, 6.07) is 5.86. The molecule has 0 N–H and O–H groups in total. The first-order chi connectivity index (χ1) is 9.41. The van der Waals surface area contributed by atoms with Crippen LogP contribution in [0.25, 0.3) is 0 Å². The van der Waals surface area contributed by atoms with Gasteiger partial charge in [-0.25, -0.2) is 8.42 Å². The third-order valence-electron chi connectivity index (χ3n) is 3.29. The minimum absolute atomic E-state index is 0.387. The van der Waals surface area contributed by atoms with Crippen molar-refractivity contribution in [2.75, 3.05) is 31.4 Å². The first-order valence-electron chi connectivity index (χ1n) is 6.25. The van der Waals surface area contributed by atoms with Crippen molar-refractivity contribution in [3.63, 3.8) is 0 Å². The molecule has 1 atom stereocenters. The van der Waals surface area contributed by atoms with Crippen LogP contribution in [0.1, 0.15) is 5.56 Å². The van der Waals surface area contributed by atoms with E-state index >= 15 is 0 Å². The molecule has 1 aliphatic heterocycles. The van der Waals surface area contributed by atoms with Gasteiger partial charge in [-0.3, -0.25) is 4.90 Å². The fraction of sp³-hybridized carbons (Fsp3) is 0.538. The predicted molar refractivity (Wildman–Crippen MR) is 87.1 cm³/mol. The molecule has 1 unspecified atom stereocenters. The topological polar surface area (TPSA) is 46.6 Å². The standard InChI is InChI=1S/C13H18BrNO3S2/c1-18-12-4-3-10(7-11(12)14)8-15-5-6-19-9-13(15)20(2,16)17/h3-4,7,13H,5-6,8-9H2,1-2H3. The Hall–Kier alpha value is -0.240. The van der Waals surface area contributed by atoms with Gasteiger partial charge in [-0.1, -0.05) is 6.07 Å². The summed E-state index contributed by atoms with van der Waals surface area (Å²) in [6.45, 7) is 1.44. The van der Waals surface area contributed by atoms with Crippen LogP contribution in [-0.2, 0) is 16.4 Å². The molecule has 1 aromatic rings. The molecular weight excluding hydrogens is 362 g/mol. The van der Waals surface area contributed by atoms with Gasteiger partial charge in [-0.15, -0.1) is 0 Å². The van der Waals surface area contributed by atoms with Gasteiger partial charge in [0, 0.05) is 30.9 Å². The molecule has 7 heteroatoms. The zero-order valence-corrected chi connectivity index (χ0v) is 14.7. The van der Waals surface area contributed by atoms with Gasteiger partial charge in [0.25, 0.3) is 0 Å². The Balaban J connectivity index is 2.17. The molecule has 1 fully saturated rings. The second kappa shape index (κ2) is 6.68. The van der Waals surface area contributed by atoms with E-state index in [0.717, 1.165) is 28.1 Å². The molecule has 112 valence electrons. The monoisotopic (exact) mass is 379 g/mol. The van der Waals surface area contributed by atoms with E-state index in [-0.39, 0.29) is 5.37 Å². The van der Waals surface area contributed by atoms with E-state index in [4.69, 9.17) is 4.74 Å². The van der Waals surface area contributed by atoms with Crippen LogP contribution >= 0.6 is 27.7 Å². The van der Waals surface area contributed by atoms with Crippen LogP contribution in [0, 0.1) is 0 Å². The van der Waals surface area contributed by atoms with Crippen molar-refractivity contribution >= 4 is 37.5 Å². The second-order valence-electron chi connectivity index (χ2n) is 4.80. The second-order valence-corrected chi connectivity index (χ2v) is 9.01. The van der Waals surface area contributed by atoms with Crippen molar-refractivity contribution in [2.24, 2.45) is 0 Å². The van der Waals surface area contributed by atoms with Gasteiger partial charge in [0.1, 0.15) is 11.1 Å². The van der Waals surface area contributed by atoms with Crippen molar-refractivity contribution in [2.45, 2.75) is 11.9 Å². The van der Waals surface area contributed by atoms with Gasteiger partial charge in [0.2, 0.25) is 0 Å². The fourth-order valence-corrected chi connectivity index (χ4v) is 5.76. The number of rotatable bonds is 4. The number of benzene rings is 1. The lowest BCUT2D eigenvalue weighted by Gasteiger charge is -2.34. The van der Waals surface area contributed by atoms with Crippen LogP contribution in [0.5, 0.6) is 5.75 Å². The molecule has 20 heavy (non-hydrogen) atoms. The van der Waals surface area contributed by atoms with Gasteiger partial charge >= 0.3 is 0 Å². The van der Waals surface area contributed by atoms with E-state index in [1.54, 1.807) is 18.9 Å². The summed E-state index contributed by atoms with van der Waals surface area (Å²) < 4.78 is 29.8. The van der Waals surface area contributed by atoms with Gasteiger partial charge in [0.05, 0.1) is 11.6 Å². The third kappa shape index (κ3) is 3.90. The largest absolute Gasteiger partial charge is 0.496 e. The maximum atomic E-state index is 11.9. The number of halogens is 1. The molecule has 1 aromatic carbocycles. The lowest BCUT2D eigenvalue weighted by molar-refractivity contribution is 0.262. The van der Waals surface area contributed by atoms with E-state index in [2.05, 4.69) is 15.9 Å². The van der Waals surface area contributed by atoms with Crippen LogP contribution in [0.3, 0.4) is 0 Å². The van der Waals surface area contributed by atoms with Gasteiger partial charge in [0.15, 0.2) is 9.84 Å². The Kier molecular flexibility index (Phi) is 5.39.